The Kier molecular flexibility index (Phi) is 11.4. The maximum Gasteiger partial charge on any atom is 0.282 e. The number of hydrogen-bond acceptors (Lipinski definition) is 7. The zero-order chi connectivity index (χ0) is 33.0. The highest BCUT2D eigenvalue weighted by Crippen LogP contribution is 2.44. The van der Waals surface area contributed by atoms with Crippen molar-refractivity contribution in [2.75, 3.05) is 95.9 Å². The molecule has 2 aromatic carbocycles. The summed E-state index contributed by atoms with van der Waals surface area (Å²) in [6, 6.07) is 13.7. The van der Waals surface area contributed by atoms with E-state index >= 15 is 0 Å². The molecule has 47 heavy (non-hydrogen) atoms. The van der Waals surface area contributed by atoms with E-state index < -0.39 is 10.2 Å². The summed E-state index contributed by atoms with van der Waals surface area (Å²) in [6.45, 7) is 10.9. The van der Waals surface area contributed by atoms with Crippen LogP contribution in [-0.2, 0) is 10.2 Å². The molecule has 0 aromatic heterocycles. The zero-order valence-corrected chi connectivity index (χ0v) is 30.4. The number of hydrogen-bond donors (Lipinski definition) is 0. The summed E-state index contributed by atoms with van der Waals surface area (Å²) in [4.78, 5) is 8.24. The fourth-order valence-corrected chi connectivity index (χ4v) is 10.9. The van der Waals surface area contributed by atoms with E-state index in [-0.39, 0.29) is 11.2 Å². The van der Waals surface area contributed by atoms with Crippen molar-refractivity contribution in [3.63, 3.8) is 0 Å². The summed E-state index contributed by atoms with van der Waals surface area (Å²) in [5.41, 5.74) is 3.18. The van der Waals surface area contributed by atoms with Gasteiger partial charge in [-0.1, -0.05) is 19.3 Å². The second-order valence-electron chi connectivity index (χ2n) is 14.7. The van der Waals surface area contributed by atoms with Gasteiger partial charge in [0.25, 0.3) is 10.2 Å². The van der Waals surface area contributed by atoms with Crippen LogP contribution in [0.25, 0.3) is 0 Å². The molecule has 1 saturated carbocycles. The molecule has 6 rings (SSSR count). The van der Waals surface area contributed by atoms with Crippen LogP contribution in [0, 0.1) is 24.1 Å². The highest BCUT2D eigenvalue weighted by molar-refractivity contribution is 7.97. The largest absolute Gasteiger partial charge is 0.378 e. The number of halogens is 1. The van der Waals surface area contributed by atoms with E-state index in [2.05, 4.69) is 57.4 Å². The SMILES string of the molecule is Cc1cc(F)ccc1N1CC2(C1)CN(S(=O)(=O)N1CCCN(CC3CCCCC3)CCCN(Sc3ccc(N(C)C)cc3)CCC1)C2. The number of nitrogens with zero attached hydrogens (tertiary/aromatic N) is 6. The smallest absolute Gasteiger partial charge is 0.282 e. The molecule has 8 nitrogen and oxygen atoms in total. The Hall–Kier alpha value is -1.89. The molecule has 3 heterocycles. The Morgan fingerprint density at radius 2 is 1.45 bits per heavy atom. The quantitative estimate of drug-likeness (QED) is 0.319. The van der Waals surface area contributed by atoms with Gasteiger partial charge in [-0.15, -0.1) is 0 Å². The van der Waals surface area contributed by atoms with E-state index in [1.807, 2.05) is 13.0 Å². The van der Waals surface area contributed by atoms with Gasteiger partial charge in [0.15, 0.2) is 0 Å². The van der Waals surface area contributed by atoms with Crippen LogP contribution in [-0.4, -0.2) is 112 Å². The van der Waals surface area contributed by atoms with Gasteiger partial charge in [0.05, 0.1) is 0 Å². The van der Waals surface area contributed by atoms with Crippen molar-refractivity contribution in [3.8, 4) is 0 Å². The van der Waals surface area contributed by atoms with E-state index in [0.717, 1.165) is 82.2 Å². The average Bonchev–Trinajstić information content (AvgIpc) is 2.99. The predicted octanol–water partition coefficient (Wildman–Crippen LogP) is 5.94. The second kappa shape index (κ2) is 15.3. The fraction of sp³-hybridized carbons (Fsp3) is 0.667. The van der Waals surface area contributed by atoms with Crippen molar-refractivity contribution in [3.05, 3.63) is 53.8 Å². The number of rotatable bonds is 8. The molecule has 0 unspecified atom stereocenters. The van der Waals surface area contributed by atoms with Crippen molar-refractivity contribution >= 4 is 33.5 Å². The highest BCUT2D eigenvalue weighted by Gasteiger charge is 2.56. The maximum atomic E-state index is 14.1. The van der Waals surface area contributed by atoms with Gasteiger partial charge in [-0.2, -0.15) is 17.0 Å². The summed E-state index contributed by atoms with van der Waals surface area (Å²) >= 11 is 1.81. The van der Waals surface area contributed by atoms with Gasteiger partial charge >= 0.3 is 0 Å². The Bertz CT molecular complexity index is 1420. The number of aryl methyl sites for hydroxylation is 1. The van der Waals surface area contributed by atoms with E-state index in [4.69, 9.17) is 0 Å². The molecule has 0 bridgehead atoms. The summed E-state index contributed by atoms with van der Waals surface area (Å²) in [6.07, 6.45) is 9.53. The molecule has 11 heteroatoms. The van der Waals surface area contributed by atoms with Crippen molar-refractivity contribution in [1.82, 2.24) is 17.8 Å². The van der Waals surface area contributed by atoms with E-state index in [0.29, 0.717) is 26.2 Å². The Morgan fingerprint density at radius 1 is 0.809 bits per heavy atom. The molecule has 0 amide bonds. The minimum atomic E-state index is -3.54. The molecule has 2 aromatic rings. The lowest BCUT2D eigenvalue weighted by Gasteiger charge is -2.60. The Balaban J connectivity index is 1.09. The van der Waals surface area contributed by atoms with Crippen LogP contribution in [0.5, 0.6) is 0 Å². The first-order chi connectivity index (χ1) is 22.6. The number of benzene rings is 2. The molecule has 0 radical (unpaired) electrons. The van der Waals surface area contributed by atoms with Gasteiger partial charge in [0.1, 0.15) is 5.82 Å². The minimum absolute atomic E-state index is 0.00671. The van der Waals surface area contributed by atoms with Crippen LogP contribution in [0.15, 0.2) is 47.4 Å². The molecule has 1 spiro atoms. The Labute approximate surface area is 287 Å². The second-order valence-corrected chi connectivity index (χ2v) is 17.8. The Morgan fingerprint density at radius 3 is 2.09 bits per heavy atom. The van der Waals surface area contributed by atoms with Crippen LogP contribution in [0.4, 0.5) is 15.8 Å². The molecular formula is C36H55FN6O2S2. The lowest BCUT2D eigenvalue weighted by Crippen LogP contribution is -2.74. The average molecular weight is 687 g/mol. The molecule has 0 N–H and O–H groups in total. The van der Waals surface area contributed by atoms with E-state index in [1.54, 1.807) is 26.6 Å². The van der Waals surface area contributed by atoms with Crippen LogP contribution in [0.1, 0.15) is 56.9 Å². The molecule has 3 saturated heterocycles. The number of anilines is 2. The van der Waals surface area contributed by atoms with E-state index in [1.165, 1.54) is 48.8 Å². The van der Waals surface area contributed by atoms with Gasteiger partial charge in [-0.3, -0.25) is 0 Å². The molecular weight excluding hydrogens is 632 g/mol. The lowest BCUT2D eigenvalue weighted by molar-refractivity contribution is 0.0342. The molecule has 4 fully saturated rings. The predicted molar refractivity (Wildman–Crippen MR) is 193 cm³/mol. The van der Waals surface area contributed by atoms with Crippen LogP contribution < -0.4 is 9.80 Å². The third kappa shape index (κ3) is 8.65. The fourth-order valence-electron chi connectivity index (χ4n) is 8.03. The molecule has 1 aliphatic carbocycles. The van der Waals surface area contributed by atoms with Gasteiger partial charge in [-0.25, -0.2) is 8.70 Å². The standard InChI is InChI=1S/C36H55FN6O2S2/c1-30-24-32(37)12-17-35(30)40-26-36(27-40)28-43(29-36)47(44,45)42-22-8-19-39(25-31-10-5-4-6-11-31)18-7-20-41(21-9-23-42)46-34-15-13-33(14-16-34)38(2)3/h12-17,24,31H,4-11,18-23,25-29H2,1-3H3. The van der Waals surface area contributed by atoms with Crippen LogP contribution >= 0.6 is 11.9 Å². The molecule has 4 aliphatic rings. The monoisotopic (exact) mass is 686 g/mol. The van der Waals surface area contributed by atoms with Gasteiger partial charge in [0, 0.05) is 94.7 Å². The first kappa shape index (κ1) is 35.0. The summed E-state index contributed by atoms with van der Waals surface area (Å²) in [5, 5.41) is 0. The van der Waals surface area contributed by atoms with Crippen molar-refractivity contribution in [2.45, 2.75) is 63.2 Å². The third-order valence-electron chi connectivity index (χ3n) is 10.6. The van der Waals surface area contributed by atoms with Crippen molar-refractivity contribution in [2.24, 2.45) is 11.3 Å². The zero-order valence-electron chi connectivity index (χ0n) is 28.7. The van der Waals surface area contributed by atoms with Crippen LogP contribution in [0.2, 0.25) is 0 Å². The first-order valence-electron chi connectivity index (χ1n) is 17.8. The molecule has 260 valence electrons. The molecule has 0 atom stereocenters. The first-order valence-corrected chi connectivity index (χ1v) is 20.0. The lowest BCUT2D eigenvalue weighted by atomic mass is 9.74. The summed E-state index contributed by atoms with van der Waals surface area (Å²) < 4.78 is 47.7. The van der Waals surface area contributed by atoms with E-state index in [9.17, 15) is 12.8 Å². The summed E-state index contributed by atoms with van der Waals surface area (Å²) in [5.74, 6) is 0.557. The van der Waals surface area contributed by atoms with Gasteiger partial charge < -0.3 is 14.7 Å². The van der Waals surface area contributed by atoms with Gasteiger partial charge in [-0.05, 0) is 118 Å². The molecule has 3 aliphatic heterocycles. The topological polar surface area (TPSA) is 53.6 Å². The maximum absolute atomic E-state index is 14.1. The normalized spacial score (nSPS) is 23.1. The van der Waals surface area contributed by atoms with Crippen molar-refractivity contribution in [1.29, 1.82) is 0 Å². The minimum Gasteiger partial charge on any atom is -0.378 e. The van der Waals surface area contributed by atoms with Gasteiger partial charge in [0.2, 0.25) is 0 Å². The van der Waals surface area contributed by atoms with Crippen LogP contribution in [0.3, 0.4) is 0 Å². The summed E-state index contributed by atoms with van der Waals surface area (Å²) in [7, 11) is 0.584. The van der Waals surface area contributed by atoms with Crippen molar-refractivity contribution < 1.29 is 12.8 Å². The third-order valence-corrected chi connectivity index (χ3v) is 13.7. The highest BCUT2D eigenvalue weighted by atomic mass is 32.2.